The molecule has 4 fully saturated rings. The SMILES string of the molecule is CO[C@@H]1[C@H](OC(=O)NC2CN(CC(C)(C)C(=O)O)C2)CC[C@]2(CO2)[C@H]1[C@@]1(C)O[C@@H]1CC=C(C)C. The van der Waals surface area contributed by atoms with E-state index in [1.165, 1.54) is 5.57 Å². The van der Waals surface area contributed by atoms with Gasteiger partial charge in [-0.15, -0.1) is 0 Å². The van der Waals surface area contributed by atoms with Gasteiger partial charge in [0.2, 0.25) is 0 Å². The van der Waals surface area contributed by atoms with Gasteiger partial charge in [0.1, 0.15) is 23.4 Å². The van der Waals surface area contributed by atoms with Gasteiger partial charge < -0.3 is 29.4 Å². The van der Waals surface area contributed by atoms with Crippen LogP contribution in [0.25, 0.3) is 0 Å². The number of ether oxygens (including phenoxy) is 4. The Kier molecular flexibility index (Phi) is 6.78. The van der Waals surface area contributed by atoms with Crippen LogP contribution in [0.3, 0.4) is 0 Å². The van der Waals surface area contributed by atoms with Gasteiger partial charge in [-0.05, 0) is 53.9 Å². The number of nitrogens with zero attached hydrogens (tertiary/aromatic N) is 1. The monoisotopic (exact) mass is 480 g/mol. The van der Waals surface area contributed by atoms with E-state index in [-0.39, 0.29) is 41.5 Å². The molecule has 3 saturated heterocycles. The lowest BCUT2D eigenvalue weighted by atomic mass is 9.68. The summed E-state index contributed by atoms with van der Waals surface area (Å²) in [7, 11) is 1.66. The fraction of sp³-hybridized carbons (Fsp3) is 0.840. The number of epoxide rings is 2. The van der Waals surface area contributed by atoms with Crippen molar-refractivity contribution in [3.05, 3.63) is 11.6 Å². The van der Waals surface area contributed by atoms with E-state index in [9.17, 15) is 14.7 Å². The number of nitrogens with one attached hydrogen (secondary N) is 1. The van der Waals surface area contributed by atoms with Crippen molar-refractivity contribution >= 4 is 12.1 Å². The fourth-order valence-electron chi connectivity index (χ4n) is 5.83. The second kappa shape index (κ2) is 9.08. The molecule has 0 unspecified atom stereocenters. The minimum absolute atomic E-state index is 0.00967. The highest BCUT2D eigenvalue weighted by Gasteiger charge is 2.72. The van der Waals surface area contributed by atoms with E-state index in [1.807, 2.05) is 4.90 Å². The summed E-state index contributed by atoms with van der Waals surface area (Å²) < 4.78 is 24.0. The van der Waals surface area contributed by atoms with Crippen LogP contribution in [0.5, 0.6) is 0 Å². The van der Waals surface area contributed by atoms with Crippen LogP contribution in [0.1, 0.15) is 53.9 Å². The highest BCUT2D eigenvalue weighted by Crippen LogP contribution is 2.59. The summed E-state index contributed by atoms with van der Waals surface area (Å²) in [4.78, 5) is 26.0. The van der Waals surface area contributed by atoms with E-state index in [0.29, 0.717) is 32.7 Å². The molecule has 192 valence electrons. The summed E-state index contributed by atoms with van der Waals surface area (Å²) in [6.07, 6.45) is 3.51. The van der Waals surface area contributed by atoms with Crippen LogP contribution in [0.15, 0.2) is 11.6 Å². The first-order valence-electron chi connectivity index (χ1n) is 12.3. The lowest BCUT2D eigenvalue weighted by Crippen LogP contribution is -2.62. The number of alkyl carbamates (subject to hydrolysis) is 1. The number of hydrogen-bond acceptors (Lipinski definition) is 7. The highest BCUT2D eigenvalue weighted by molar-refractivity contribution is 5.74. The molecule has 3 aliphatic heterocycles. The molecule has 1 spiro atoms. The Morgan fingerprint density at radius 2 is 1.97 bits per heavy atom. The van der Waals surface area contributed by atoms with Gasteiger partial charge in [0, 0.05) is 26.7 Å². The normalized spacial score (nSPS) is 37.6. The summed E-state index contributed by atoms with van der Waals surface area (Å²) in [6.45, 7) is 12.1. The molecular weight excluding hydrogens is 440 g/mol. The van der Waals surface area contributed by atoms with Crippen LogP contribution < -0.4 is 5.32 Å². The summed E-state index contributed by atoms with van der Waals surface area (Å²) in [5.41, 5.74) is -0.176. The zero-order chi connectivity index (χ0) is 24.9. The Hall–Kier alpha value is -1.68. The molecule has 0 aromatic heterocycles. The minimum Gasteiger partial charge on any atom is -0.481 e. The van der Waals surface area contributed by atoms with Gasteiger partial charge in [-0.1, -0.05) is 11.6 Å². The summed E-state index contributed by atoms with van der Waals surface area (Å²) in [6, 6.07) is -0.0479. The number of carboxylic acids is 1. The lowest BCUT2D eigenvalue weighted by Gasteiger charge is -2.44. The van der Waals surface area contributed by atoms with Crippen molar-refractivity contribution < 1.29 is 33.6 Å². The van der Waals surface area contributed by atoms with Crippen molar-refractivity contribution in [3.8, 4) is 0 Å². The quantitative estimate of drug-likeness (QED) is 0.382. The first-order chi connectivity index (χ1) is 15.9. The number of carbonyl (C=O) groups is 2. The van der Waals surface area contributed by atoms with E-state index < -0.39 is 17.5 Å². The van der Waals surface area contributed by atoms with Crippen LogP contribution in [0.4, 0.5) is 4.79 Å². The van der Waals surface area contributed by atoms with Gasteiger partial charge in [-0.2, -0.15) is 0 Å². The second-order valence-electron chi connectivity index (χ2n) is 11.5. The van der Waals surface area contributed by atoms with Gasteiger partial charge in [0.15, 0.2) is 0 Å². The summed E-state index contributed by atoms with van der Waals surface area (Å²) in [5.74, 6) is -0.834. The summed E-state index contributed by atoms with van der Waals surface area (Å²) in [5, 5.41) is 12.2. The number of hydrogen-bond donors (Lipinski definition) is 2. The molecule has 1 aliphatic carbocycles. The van der Waals surface area contributed by atoms with Gasteiger partial charge in [-0.3, -0.25) is 9.69 Å². The number of amides is 1. The first kappa shape index (κ1) is 25.4. The molecule has 9 heteroatoms. The Morgan fingerprint density at radius 3 is 2.53 bits per heavy atom. The maximum absolute atomic E-state index is 12.7. The molecule has 2 N–H and O–H groups in total. The first-order valence-corrected chi connectivity index (χ1v) is 12.3. The Labute approximate surface area is 202 Å². The van der Waals surface area contributed by atoms with Crippen molar-refractivity contribution in [1.82, 2.24) is 10.2 Å². The third-order valence-electron chi connectivity index (χ3n) is 7.97. The van der Waals surface area contributed by atoms with Crippen molar-refractivity contribution in [2.75, 3.05) is 33.4 Å². The summed E-state index contributed by atoms with van der Waals surface area (Å²) >= 11 is 0. The van der Waals surface area contributed by atoms with Crippen molar-refractivity contribution in [2.45, 2.75) is 89.4 Å². The number of rotatable bonds is 9. The smallest absolute Gasteiger partial charge is 0.407 e. The van der Waals surface area contributed by atoms with E-state index in [4.69, 9.17) is 18.9 Å². The second-order valence-corrected chi connectivity index (χ2v) is 11.5. The zero-order valence-electron chi connectivity index (χ0n) is 21.3. The average molecular weight is 481 g/mol. The topological polar surface area (TPSA) is 113 Å². The minimum atomic E-state index is -0.824. The molecule has 0 radical (unpaired) electrons. The molecule has 0 bridgehead atoms. The van der Waals surface area contributed by atoms with Crippen LogP contribution >= 0.6 is 0 Å². The van der Waals surface area contributed by atoms with Crippen molar-refractivity contribution in [1.29, 1.82) is 0 Å². The molecule has 34 heavy (non-hydrogen) atoms. The lowest BCUT2D eigenvalue weighted by molar-refractivity contribution is -0.148. The maximum Gasteiger partial charge on any atom is 0.407 e. The molecule has 1 amide bonds. The van der Waals surface area contributed by atoms with Crippen LogP contribution in [-0.2, 0) is 23.7 Å². The predicted molar refractivity (Wildman–Crippen MR) is 125 cm³/mol. The molecule has 9 nitrogen and oxygen atoms in total. The molecular formula is C25H40N2O7. The molecule has 1 saturated carbocycles. The van der Waals surface area contributed by atoms with Gasteiger partial charge in [-0.25, -0.2) is 4.79 Å². The standard InChI is InChI=1S/C25H40N2O7/c1-15(2)7-8-18-24(5,34-18)20-19(31-6)17(9-10-25(20)14-32-25)33-22(30)26-16-11-27(12-16)13-23(3,4)21(28)29/h7,16-20H,8-14H2,1-6H3,(H,26,30)(H,28,29)/t17-,18-,19-,20-,24+,25+/m1/s1. The van der Waals surface area contributed by atoms with Crippen LogP contribution in [-0.4, -0.2) is 91.0 Å². The van der Waals surface area contributed by atoms with Gasteiger partial charge in [0.05, 0.1) is 30.1 Å². The third-order valence-corrected chi connectivity index (χ3v) is 7.97. The van der Waals surface area contributed by atoms with Crippen LogP contribution in [0, 0.1) is 11.3 Å². The highest BCUT2D eigenvalue weighted by atomic mass is 16.6. The molecule has 4 rings (SSSR count). The number of carboxylic acid groups (broad SMARTS) is 1. The molecule has 4 aliphatic rings. The van der Waals surface area contributed by atoms with Gasteiger partial charge >= 0.3 is 12.1 Å². The van der Waals surface area contributed by atoms with Crippen molar-refractivity contribution in [2.24, 2.45) is 11.3 Å². The van der Waals surface area contributed by atoms with E-state index in [2.05, 4.69) is 32.2 Å². The third kappa shape index (κ3) is 4.98. The molecule has 6 atom stereocenters. The number of carbonyl (C=O) groups excluding carboxylic acids is 1. The van der Waals surface area contributed by atoms with Crippen LogP contribution in [0.2, 0.25) is 0 Å². The molecule has 0 aromatic rings. The fourth-order valence-corrected chi connectivity index (χ4v) is 5.83. The zero-order valence-corrected chi connectivity index (χ0v) is 21.3. The largest absolute Gasteiger partial charge is 0.481 e. The number of allylic oxidation sites excluding steroid dienone is 1. The Balaban J connectivity index is 1.32. The number of likely N-dealkylation sites (tertiary alicyclic amines) is 1. The molecule has 3 heterocycles. The van der Waals surface area contributed by atoms with Gasteiger partial charge in [0.25, 0.3) is 0 Å². The van der Waals surface area contributed by atoms with E-state index in [1.54, 1.807) is 21.0 Å². The number of aliphatic carboxylic acids is 1. The maximum atomic E-state index is 12.7. The predicted octanol–water partition coefficient (Wildman–Crippen LogP) is 2.58. The Bertz CT molecular complexity index is 829. The number of methoxy groups -OCH3 is 1. The Morgan fingerprint density at radius 1 is 1.29 bits per heavy atom. The molecule has 0 aromatic carbocycles. The van der Waals surface area contributed by atoms with E-state index in [0.717, 1.165) is 12.8 Å². The average Bonchev–Trinajstić information content (AvgIpc) is 3.63. The van der Waals surface area contributed by atoms with Crippen molar-refractivity contribution in [3.63, 3.8) is 0 Å². The van der Waals surface area contributed by atoms with E-state index >= 15 is 0 Å².